The minimum atomic E-state index is -0.420. The van der Waals surface area contributed by atoms with Gasteiger partial charge in [0.1, 0.15) is 5.75 Å². The van der Waals surface area contributed by atoms with Gasteiger partial charge in [0.25, 0.3) is 5.91 Å². The molecule has 2 rings (SSSR count). The summed E-state index contributed by atoms with van der Waals surface area (Å²) in [6, 6.07) is 10.3. The number of nitrogens with one attached hydrogen (secondary N) is 2. The molecule has 0 aromatic heterocycles. The molecule has 0 saturated carbocycles. The number of benzene rings is 2. The third kappa shape index (κ3) is 4.34. The number of carbonyl (C=O) groups excluding carboxylic acids is 1. The van der Waals surface area contributed by atoms with E-state index in [-0.39, 0.29) is 5.11 Å². The number of amides is 1. The Balaban J connectivity index is 2.17. The predicted octanol–water partition coefficient (Wildman–Crippen LogP) is 2.85. The Morgan fingerprint density at radius 1 is 0.885 bits per heavy atom. The summed E-state index contributed by atoms with van der Waals surface area (Å²) in [4.78, 5) is 12.5. The lowest BCUT2D eigenvalue weighted by atomic mass is 10.1. The van der Waals surface area contributed by atoms with Crippen molar-refractivity contribution in [3.63, 3.8) is 0 Å². The molecule has 0 aliphatic carbocycles. The quantitative estimate of drug-likeness (QED) is 0.751. The van der Waals surface area contributed by atoms with Gasteiger partial charge < -0.3 is 24.3 Å². The van der Waals surface area contributed by atoms with Gasteiger partial charge in [0, 0.05) is 5.56 Å². The molecule has 26 heavy (non-hydrogen) atoms. The van der Waals surface area contributed by atoms with E-state index in [0.717, 1.165) is 0 Å². The van der Waals surface area contributed by atoms with Gasteiger partial charge >= 0.3 is 0 Å². The average Bonchev–Trinajstić information content (AvgIpc) is 2.66. The van der Waals surface area contributed by atoms with Crippen LogP contribution in [-0.4, -0.2) is 39.5 Å². The van der Waals surface area contributed by atoms with Crippen LogP contribution in [0.15, 0.2) is 36.4 Å². The summed E-state index contributed by atoms with van der Waals surface area (Å²) in [6.07, 6.45) is 0. The zero-order valence-electron chi connectivity index (χ0n) is 14.9. The van der Waals surface area contributed by atoms with E-state index in [2.05, 4.69) is 10.6 Å². The lowest BCUT2D eigenvalue weighted by molar-refractivity contribution is 0.0977. The zero-order chi connectivity index (χ0) is 19.1. The molecule has 1 amide bonds. The number of anilines is 1. The van der Waals surface area contributed by atoms with Gasteiger partial charge in [-0.3, -0.25) is 10.1 Å². The smallest absolute Gasteiger partial charge is 0.257 e. The highest BCUT2D eigenvalue weighted by Gasteiger charge is 2.18. The lowest BCUT2D eigenvalue weighted by Gasteiger charge is -2.15. The van der Waals surface area contributed by atoms with E-state index in [1.54, 1.807) is 31.4 Å². The molecular weight excluding hydrogens is 356 g/mol. The van der Waals surface area contributed by atoms with Gasteiger partial charge in [-0.1, -0.05) is 12.1 Å². The second-order valence-electron chi connectivity index (χ2n) is 5.02. The fourth-order valence-electron chi connectivity index (χ4n) is 2.29. The van der Waals surface area contributed by atoms with Crippen LogP contribution >= 0.6 is 12.2 Å². The molecule has 0 spiro atoms. The van der Waals surface area contributed by atoms with Crippen molar-refractivity contribution in [3.8, 4) is 23.0 Å². The van der Waals surface area contributed by atoms with E-state index >= 15 is 0 Å². The van der Waals surface area contributed by atoms with E-state index in [1.165, 1.54) is 21.3 Å². The molecule has 0 atom stereocenters. The van der Waals surface area contributed by atoms with Crippen LogP contribution in [0.2, 0.25) is 0 Å². The molecule has 0 radical (unpaired) electrons. The second kappa shape index (κ2) is 8.91. The first-order valence-corrected chi connectivity index (χ1v) is 8.00. The number of para-hydroxylation sites is 2. The van der Waals surface area contributed by atoms with Crippen LogP contribution in [0.25, 0.3) is 0 Å². The van der Waals surface area contributed by atoms with Gasteiger partial charge in [0.2, 0.25) is 5.75 Å². The molecule has 0 heterocycles. The van der Waals surface area contributed by atoms with Crippen molar-refractivity contribution in [2.24, 2.45) is 0 Å². The Morgan fingerprint density at radius 3 is 2.00 bits per heavy atom. The minimum absolute atomic E-state index is 0.133. The van der Waals surface area contributed by atoms with Crippen molar-refractivity contribution in [3.05, 3.63) is 42.0 Å². The number of ether oxygens (including phenoxy) is 4. The van der Waals surface area contributed by atoms with Crippen LogP contribution in [0.3, 0.4) is 0 Å². The summed E-state index contributed by atoms with van der Waals surface area (Å²) in [5.74, 6) is 1.34. The van der Waals surface area contributed by atoms with Crippen LogP contribution in [0.4, 0.5) is 5.69 Å². The molecule has 2 aromatic rings. The van der Waals surface area contributed by atoms with Crippen molar-refractivity contribution in [1.82, 2.24) is 5.32 Å². The van der Waals surface area contributed by atoms with Gasteiger partial charge in [-0.25, -0.2) is 0 Å². The SMILES string of the molecule is COc1ccccc1NC(=S)NC(=O)c1cc(OC)c(OC)c(OC)c1. The number of hydrogen-bond donors (Lipinski definition) is 2. The number of hydrogen-bond acceptors (Lipinski definition) is 6. The highest BCUT2D eigenvalue weighted by atomic mass is 32.1. The molecule has 0 aliphatic rings. The van der Waals surface area contributed by atoms with Gasteiger partial charge in [-0.15, -0.1) is 0 Å². The fraction of sp³-hybridized carbons (Fsp3) is 0.222. The van der Waals surface area contributed by atoms with Crippen LogP contribution in [0, 0.1) is 0 Å². The topological polar surface area (TPSA) is 78.1 Å². The van der Waals surface area contributed by atoms with Crippen LogP contribution in [-0.2, 0) is 0 Å². The maximum Gasteiger partial charge on any atom is 0.257 e. The van der Waals surface area contributed by atoms with Crippen molar-refractivity contribution >= 4 is 28.9 Å². The molecule has 2 aromatic carbocycles. The number of thiocarbonyl (C=S) groups is 1. The molecule has 0 fully saturated rings. The summed E-state index contributed by atoms with van der Waals surface area (Å²) >= 11 is 5.21. The van der Waals surface area contributed by atoms with Gasteiger partial charge in [0.05, 0.1) is 34.1 Å². The minimum Gasteiger partial charge on any atom is -0.495 e. The van der Waals surface area contributed by atoms with Crippen molar-refractivity contribution in [1.29, 1.82) is 0 Å². The molecule has 8 heteroatoms. The molecule has 0 unspecified atom stereocenters. The Labute approximate surface area is 157 Å². The lowest BCUT2D eigenvalue weighted by Crippen LogP contribution is -2.34. The zero-order valence-corrected chi connectivity index (χ0v) is 15.7. The maximum absolute atomic E-state index is 12.5. The second-order valence-corrected chi connectivity index (χ2v) is 5.43. The first kappa shape index (κ1) is 19.3. The summed E-state index contributed by atoms with van der Waals surface area (Å²) in [7, 11) is 6.00. The highest BCUT2D eigenvalue weighted by molar-refractivity contribution is 7.80. The van der Waals surface area contributed by atoms with E-state index < -0.39 is 5.91 Å². The summed E-state index contributed by atoms with van der Waals surface area (Å²) in [6.45, 7) is 0. The van der Waals surface area contributed by atoms with Gasteiger partial charge in [0.15, 0.2) is 16.6 Å². The highest BCUT2D eigenvalue weighted by Crippen LogP contribution is 2.38. The Bertz CT molecular complexity index is 785. The predicted molar refractivity (Wildman–Crippen MR) is 103 cm³/mol. The number of methoxy groups -OCH3 is 4. The first-order chi connectivity index (χ1) is 12.5. The van der Waals surface area contributed by atoms with E-state index in [9.17, 15) is 4.79 Å². The molecule has 0 saturated heterocycles. The standard InChI is InChI=1S/C18H20N2O5S/c1-22-13-8-6-5-7-12(13)19-18(26)20-17(21)11-9-14(23-2)16(25-4)15(10-11)24-3/h5-10H,1-4H3,(H2,19,20,21,26). The fourth-order valence-corrected chi connectivity index (χ4v) is 2.49. The average molecular weight is 376 g/mol. The number of carbonyl (C=O) groups is 1. The molecule has 7 nitrogen and oxygen atoms in total. The molecule has 2 N–H and O–H groups in total. The molecule has 0 aliphatic heterocycles. The van der Waals surface area contributed by atoms with E-state index in [0.29, 0.717) is 34.2 Å². The number of rotatable bonds is 6. The van der Waals surface area contributed by atoms with Crippen molar-refractivity contribution in [2.45, 2.75) is 0 Å². The normalized spacial score (nSPS) is 9.85. The van der Waals surface area contributed by atoms with E-state index in [4.69, 9.17) is 31.2 Å². The summed E-state index contributed by atoms with van der Waals surface area (Å²) in [5, 5.41) is 5.67. The Hall–Kier alpha value is -3.00. The molecule has 138 valence electrons. The van der Waals surface area contributed by atoms with Crippen LogP contribution in [0.5, 0.6) is 23.0 Å². The third-order valence-electron chi connectivity index (χ3n) is 3.51. The molecule has 0 bridgehead atoms. The van der Waals surface area contributed by atoms with E-state index in [1.807, 2.05) is 12.1 Å². The van der Waals surface area contributed by atoms with Gasteiger partial charge in [-0.2, -0.15) is 0 Å². The van der Waals surface area contributed by atoms with Crippen LogP contribution < -0.4 is 29.6 Å². The monoisotopic (exact) mass is 376 g/mol. The summed E-state index contributed by atoms with van der Waals surface area (Å²) in [5.41, 5.74) is 0.953. The summed E-state index contributed by atoms with van der Waals surface area (Å²) < 4.78 is 21.0. The first-order valence-electron chi connectivity index (χ1n) is 7.59. The largest absolute Gasteiger partial charge is 0.495 e. The molecular formula is C18H20N2O5S. The van der Waals surface area contributed by atoms with Crippen molar-refractivity contribution < 1.29 is 23.7 Å². The Kier molecular flexibility index (Phi) is 6.62. The maximum atomic E-state index is 12.5. The van der Waals surface area contributed by atoms with Crippen molar-refractivity contribution in [2.75, 3.05) is 33.8 Å². The van der Waals surface area contributed by atoms with Gasteiger partial charge in [-0.05, 0) is 36.5 Å². The van der Waals surface area contributed by atoms with Crippen LogP contribution in [0.1, 0.15) is 10.4 Å². The third-order valence-corrected chi connectivity index (χ3v) is 3.71. The Morgan fingerprint density at radius 2 is 1.46 bits per heavy atom.